The molecule has 3 N–H and O–H groups in total. The van der Waals surface area contributed by atoms with Crippen molar-refractivity contribution in [3.05, 3.63) is 69.8 Å². The van der Waals surface area contributed by atoms with Gasteiger partial charge in [0.05, 0.1) is 32.7 Å². The molecule has 7 nitrogen and oxygen atoms in total. The van der Waals surface area contributed by atoms with Crippen LogP contribution >= 0.6 is 23.2 Å². The first kappa shape index (κ1) is 21.7. The number of amides is 2. The van der Waals surface area contributed by atoms with Crippen molar-refractivity contribution in [1.82, 2.24) is 9.78 Å². The summed E-state index contributed by atoms with van der Waals surface area (Å²) in [5.74, 6) is -0.604. The minimum absolute atomic E-state index is 0.157. The zero-order chi connectivity index (χ0) is 22.1. The lowest BCUT2D eigenvalue weighted by Gasteiger charge is -2.14. The number of urea groups is 1. The summed E-state index contributed by atoms with van der Waals surface area (Å²) in [6.07, 6.45) is 0. The molecule has 3 rings (SSSR count). The number of nitrogens with zero attached hydrogens (tertiary/aromatic N) is 2. The molecule has 0 spiro atoms. The fraction of sp³-hybridized carbons (Fsp3) is 0.190. The molecule has 3 aromatic rings. The van der Waals surface area contributed by atoms with Gasteiger partial charge in [-0.2, -0.15) is 5.10 Å². The molecular formula is C21H20Cl2N4O3. The Hall–Kier alpha value is -3.03. The predicted molar refractivity (Wildman–Crippen MR) is 118 cm³/mol. The van der Waals surface area contributed by atoms with E-state index in [4.69, 9.17) is 28.3 Å². The number of carboxylic acid groups (broad SMARTS) is 1. The van der Waals surface area contributed by atoms with Crippen LogP contribution in [0.1, 0.15) is 36.8 Å². The Kier molecular flexibility index (Phi) is 6.05. The lowest BCUT2D eigenvalue weighted by molar-refractivity contribution is 0.0697. The Bertz CT molecular complexity index is 1100. The predicted octanol–water partition coefficient (Wildman–Crippen LogP) is 5.82. The fourth-order valence-electron chi connectivity index (χ4n) is 2.65. The van der Waals surface area contributed by atoms with Crippen LogP contribution in [0.4, 0.5) is 16.3 Å². The lowest BCUT2D eigenvalue weighted by Crippen LogP contribution is -2.21. The molecule has 9 heteroatoms. The van der Waals surface area contributed by atoms with Crippen LogP contribution in [0.2, 0.25) is 10.0 Å². The number of nitrogens with one attached hydrogen (secondary N) is 2. The molecule has 0 aliphatic carbocycles. The molecule has 0 saturated heterocycles. The molecule has 0 radical (unpaired) electrons. The van der Waals surface area contributed by atoms with Gasteiger partial charge in [-0.25, -0.2) is 14.3 Å². The van der Waals surface area contributed by atoms with Gasteiger partial charge in [-0.1, -0.05) is 50.0 Å². The number of halogens is 2. The van der Waals surface area contributed by atoms with Gasteiger partial charge in [0, 0.05) is 11.5 Å². The van der Waals surface area contributed by atoms with Crippen molar-refractivity contribution in [3.8, 4) is 5.69 Å². The van der Waals surface area contributed by atoms with E-state index in [1.54, 1.807) is 41.1 Å². The lowest BCUT2D eigenvalue weighted by atomic mass is 9.92. The van der Waals surface area contributed by atoms with Crippen molar-refractivity contribution in [2.75, 3.05) is 10.6 Å². The van der Waals surface area contributed by atoms with Gasteiger partial charge in [-0.15, -0.1) is 0 Å². The van der Waals surface area contributed by atoms with Crippen molar-refractivity contribution in [1.29, 1.82) is 0 Å². The zero-order valence-electron chi connectivity index (χ0n) is 16.5. The Balaban J connectivity index is 1.93. The normalized spacial score (nSPS) is 11.2. The number of carbonyl (C=O) groups excluding carboxylic acids is 1. The van der Waals surface area contributed by atoms with Gasteiger partial charge in [0.1, 0.15) is 5.82 Å². The van der Waals surface area contributed by atoms with E-state index in [1.165, 1.54) is 12.1 Å². The number of rotatable bonds is 4. The van der Waals surface area contributed by atoms with E-state index in [9.17, 15) is 9.59 Å². The molecule has 0 aliphatic heterocycles. The molecule has 0 saturated carbocycles. The van der Waals surface area contributed by atoms with Crippen molar-refractivity contribution in [3.63, 3.8) is 0 Å². The third kappa shape index (κ3) is 4.75. The highest BCUT2D eigenvalue weighted by Crippen LogP contribution is 2.30. The second-order valence-corrected chi connectivity index (χ2v) is 8.39. The molecule has 0 bridgehead atoms. The number of anilines is 2. The highest BCUT2D eigenvalue weighted by atomic mass is 35.5. The molecule has 1 heterocycles. The quantitative estimate of drug-likeness (QED) is 0.470. The molecule has 0 aliphatic rings. The van der Waals surface area contributed by atoms with Crippen molar-refractivity contribution in [2.24, 2.45) is 0 Å². The Morgan fingerprint density at radius 3 is 2.30 bits per heavy atom. The van der Waals surface area contributed by atoms with Crippen LogP contribution in [0.3, 0.4) is 0 Å². The fourth-order valence-corrected chi connectivity index (χ4v) is 3.00. The molecule has 30 heavy (non-hydrogen) atoms. The minimum Gasteiger partial charge on any atom is -0.478 e. The van der Waals surface area contributed by atoms with Crippen LogP contribution in [-0.2, 0) is 5.41 Å². The standard InChI is InChI=1S/C21H20Cl2N4O3/c1-21(2,3)16-11-17(25-20(30)24-15-6-4-5-14(22)18(15)23)27(26-16)13-9-7-12(8-10-13)19(28)29/h4-11H,1-3H3,(H,28,29)(H2,24,25,30). The highest BCUT2D eigenvalue weighted by molar-refractivity contribution is 6.44. The van der Waals surface area contributed by atoms with Crippen LogP contribution in [0.5, 0.6) is 0 Å². The Morgan fingerprint density at radius 1 is 1.03 bits per heavy atom. The monoisotopic (exact) mass is 446 g/mol. The van der Waals surface area contributed by atoms with Crippen LogP contribution in [0, 0.1) is 0 Å². The van der Waals surface area contributed by atoms with E-state index in [-0.39, 0.29) is 16.0 Å². The van der Waals surface area contributed by atoms with Crippen LogP contribution < -0.4 is 10.6 Å². The van der Waals surface area contributed by atoms with E-state index in [0.717, 1.165) is 5.69 Å². The van der Waals surface area contributed by atoms with E-state index < -0.39 is 12.0 Å². The van der Waals surface area contributed by atoms with Gasteiger partial charge in [-0.3, -0.25) is 5.32 Å². The van der Waals surface area contributed by atoms with Crippen LogP contribution in [0.15, 0.2) is 48.5 Å². The third-order valence-corrected chi connectivity index (χ3v) is 5.10. The molecule has 2 aromatic carbocycles. The zero-order valence-corrected chi connectivity index (χ0v) is 18.0. The molecule has 156 valence electrons. The summed E-state index contributed by atoms with van der Waals surface area (Å²) in [5, 5.41) is 19.7. The van der Waals surface area contributed by atoms with Crippen molar-refractivity contribution < 1.29 is 14.7 Å². The second-order valence-electron chi connectivity index (χ2n) is 7.61. The summed E-state index contributed by atoms with van der Waals surface area (Å²) in [6.45, 7) is 6.01. The maximum atomic E-state index is 12.6. The largest absolute Gasteiger partial charge is 0.478 e. The van der Waals surface area contributed by atoms with Crippen molar-refractivity contribution >= 4 is 46.7 Å². The first-order valence-corrected chi connectivity index (χ1v) is 9.78. The molecule has 0 fully saturated rings. The van der Waals surface area contributed by atoms with E-state index in [0.29, 0.717) is 22.2 Å². The van der Waals surface area contributed by atoms with E-state index in [2.05, 4.69) is 15.7 Å². The number of hydrogen-bond donors (Lipinski definition) is 3. The van der Waals surface area contributed by atoms with Crippen molar-refractivity contribution in [2.45, 2.75) is 26.2 Å². The maximum absolute atomic E-state index is 12.6. The summed E-state index contributed by atoms with van der Waals surface area (Å²) < 4.78 is 1.55. The first-order chi connectivity index (χ1) is 14.1. The number of carboxylic acids is 1. The highest BCUT2D eigenvalue weighted by Gasteiger charge is 2.22. The molecule has 0 atom stereocenters. The number of aromatic nitrogens is 2. The Morgan fingerprint density at radius 2 is 1.70 bits per heavy atom. The third-order valence-electron chi connectivity index (χ3n) is 4.28. The molecule has 2 amide bonds. The van der Waals surface area contributed by atoms with E-state index >= 15 is 0 Å². The first-order valence-electron chi connectivity index (χ1n) is 9.02. The Labute approximate surface area is 183 Å². The minimum atomic E-state index is -1.02. The summed E-state index contributed by atoms with van der Waals surface area (Å²) >= 11 is 12.1. The van der Waals surface area contributed by atoms with Gasteiger partial charge >= 0.3 is 12.0 Å². The maximum Gasteiger partial charge on any atom is 0.335 e. The topological polar surface area (TPSA) is 96.2 Å². The SMILES string of the molecule is CC(C)(C)c1cc(NC(=O)Nc2cccc(Cl)c2Cl)n(-c2ccc(C(=O)O)cc2)n1. The molecular weight excluding hydrogens is 427 g/mol. The van der Waals surface area contributed by atoms with Gasteiger partial charge in [-0.05, 0) is 36.4 Å². The smallest absolute Gasteiger partial charge is 0.335 e. The average Bonchev–Trinajstić information content (AvgIpc) is 3.09. The van der Waals surface area contributed by atoms with Gasteiger partial charge in [0.15, 0.2) is 0 Å². The molecule has 0 unspecified atom stereocenters. The van der Waals surface area contributed by atoms with Crippen LogP contribution in [-0.4, -0.2) is 26.9 Å². The molecule has 1 aromatic heterocycles. The summed E-state index contributed by atoms with van der Waals surface area (Å²) in [4.78, 5) is 23.7. The number of hydrogen-bond acceptors (Lipinski definition) is 3. The van der Waals surface area contributed by atoms with Gasteiger partial charge < -0.3 is 10.4 Å². The summed E-state index contributed by atoms with van der Waals surface area (Å²) in [5.41, 5.74) is 1.61. The number of carbonyl (C=O) groups is 2. The summed E-state index contributed by atoms with van der Waals surface area (Å²) in [7, 11) is 0. The van der Waals surface area contributed by atoms with E-state index in [1.807, 2.05) is 20.8 Å². The number of aromatic carboxylic acids is 1. The average molecular weight is 447 g/mol. The van der Waals surface area contributed by atoms with Gasteiger partial charge in [0.25, 0.3) is 0 Å². The summed E-state index contributed by atoms with van der Waals surface area (Å²) in [6, 6.07) is 12.4. The van der Waals surface area contributed by atoms with Gasteiger partial charge in [0.2, 0.25) is 0 Å². The second kappa shape index (κ2) is 8.38. The van der Waals surface area contributed by atoms with Crippen LogP contribution in [0.25, 0.3) is 5.69 Å². The number of benzene rings is 2.